The molecule has 0 saturated heterocycles. The smallest absolute Gasteiger partial charge is 0.410 e. The van der Waals surface area contributed by atoms with Gasteiger partial charge in [0.2, 0.25) is 0 Å². The first-order valence-corrected chi connectivity index (χ1v) is 12.8. The van der Waals surface area contributed by atoms with E-state index < -0.39 is 5.60 Å². The molecule has 4 aromatic rings. The largest absolute Gasteiger partial charge is 0.444 e. The van der Waals surface area contributed by atoms with E-state index in [1.54, 1.807) is 27.6 Å². The number of carbonyl (C=O) groups excluding carboxylic acids is 1. The molecule has 1 N–H and O–H groups in total. The molecule has 3 heterocycles. The van der Waals surface area contributed by atoms with Crippen LogP contribution in [0.5, 0.6) is 0 Å². The first kappa shape index (κ1) is 23.4. The third kappa shape index (κ3) is 5.59. The summed E-state index contributed by atoms with van der Waals surface area (Å²) >= 11 is 3.18. The van der Waals surface area contributed by atoms with Gasteiger partial charge in [0.15, 0.2) is 0 Å². The number of nitrogens with one attached hydrogen (secondary N) is 1. The van der Waals surface area contributed by atoms with Crippen molar-refractivity contribution >= 4 is 39.0 Å². The van der Waals surface area contributed by atoms with Crippen molar-refractivity contribution in [3.63, 3.8) is 0 Å². The summed E-state index contributed by atoms with van der Waals surface area (Å²) in [5, 5.41) is 2.88. The van der Waals surface area contributed by atoms with Gasteiger partial charge in [0, 0.05) is 23.2 Å². The topological polar surface area (TPSA) is 84.0 Å². The van der Waals surface area contributed by atoms with E-state index >= 15 is 0 Å². The third-order valence-electron chi connectivity index (χ3n) is 4.97. The quantitative estimate of drug-likeness (QED) is 0.318. The van der Waals surface area contributed by atoms with E-state index in [0.29, 0.717) is 18.9 Å². The number of aromatic amines is 1. The van der Waals surface area contributed by atoms with Gasteiger partial charge in [-0.2, -0.15) is 0 Å². The number of hydrogen-bond donors (Lipinski definition) is 1. The number of carbonyl (C=O) groups is 1. The molecule has 0 radical (unpaired) electrons. The van der Waals surface area contributed by atoms with E-state index in [4.69, 9.17) is 9.72 Å². The maximum absolute atomic E-state index is 12.9. The second-order valence-electron chi connectivity index (χ2n) is 8.99. The van der Waals surface area contributed by atoms with E-state index in [2.05, 4.69) is 27.9 Å². The molecule has 174 valence electrons. The Balaban J connectivity index is 1.71. The fourth-order valence-electron chi connectivity index (χ4n) is 3.43. The molecule has 33 heavy (non-hydrogen) atoms. The van der Waals surface area contributed by atoms with Crippen molar-refractivity contribution in [3.05, 3.63) is 40.6 Å². The first-order chi connectivity index (χ1) is 15.7. The molecule has 0 bridgehead atoms. The number of imidazole rings is 1. The second kappa shape index (κ2) is 9.61. The highest BCUT2D eigenvalue weighted by Gasteiger charge is 2.24. The van der Waals surface area contributed by atoms with Gasteiger partial charge in [-0.05, 0) is 46.2 Å². The Hall–Kier alpha value is -2.78. The standard InChI is InChI=1S/C24H29N5O2S2/c1-6-7-10-29(23(30)31-24(3,4)5)12-19-27-20(21(28-19)22-26-15(2)13-32-22)16-8-9-17-18(11-16)33-14-25-17/h8-9,11,13-14H,6-7,10,12H2,1-5H3,(H,27,28). The number of aromatic nitrogens is 4. The molecule has 0 atom stereocenters. The number of ether oxygens (including phenoxy) is 1. The van der Waals surface area contributed by atoms with Crippen molar-refractivity contribution in [1.82, 2.24) is 24.8 Å². The van der Waals surface area contributed by atoms with Crippen molar-refractivity contribution in [2.24, 2.45) is 0 Å². The lowest BCUT2D eigenvalue weighted by Gasteiger charge is -2.26. The maximum Gasteiger partial charge on any atom is 0.410 e. The van der Waals surface area contributed by atoms with Crippen molar-refractivity contribution in [3.8, 4) is 22.0 Å². The van der Waals surface area contributed by atoms with Crippen LogP contribution in [0.3, 0.4) is 0 Å². The Morgan fingerprint density at radius 1 is 1.21 bits per heavy atom. The minimum Gasteiger partial charge on any atom is -0.444 e. The second-order valence-corrected chi connectivity index (χ2v) is 10.7. The first-order valence-electron chi connectivity index (χ1n) is 11.1. The Morgan fingerprint density at radius 3 is 2.73 bits per heavy atom. The predicted molar refractivity (Wildman–Crippen MR) is 135 cm³/mol. The van der Waals surface area contributed by atoms with Crippen molar-refractivity contribution in [2.75, 3.05) is 6.54 Å². The van der Waals surface area contributed by atoms with Crippen LogP contribution in [0.4, 0.5) is 4.79 Å². The molecule has 0 unspecified atom stereocenters. The molecule has 4 rings (SSSR count). The molecule has 0 spiro atoms. The number of nitrogens with zero attached hydrogens (tertiary/aromatic N) is 4. The van der Waals surface area contributed by atoms with E-state index in [1.165, 1.54) is 0 Å². The molecule has 0 aliphatic heterocycles. The van der Waals surface area contributed by atoms with Gasteiger partial charge in [0.1, 0.15) is 22.1 Å². The van der Waals surface area contributed by atoms with Gasteiger partial charge in [0.05, 0.1) is 28.0 Å². The van der Waals surface area contributed by atoms with Crippen LogP contribution in [-0.4, -0.2) is 43.1 Å². The maximum atomic E-state index is 12.9. The van der Waals surface area contributed by atoms with Crippen molar-refractivity contribution in [2.45, 2.75) is 59.6 Å². The Kier molecular flexibility index (Phi) is 6.81. The number of aryl methyl sites for hydroxylation is 1. The molecule has 0 fully saturated rings. The highest BCUT2D eigenvalue weighted by Crippen LogP contribution is 2.34. The van der Waals surface area contributed by atoms with E-state index in [0.717, 1.165) is 50.7 Å². The molecule has 0 saturated carbocycles. The molecular formula is C24H29N5O2S2. The molecule has 0 aliphatic rings. The number of amides is 1. The lowest BCUT2D eigenvalue weighted by Crippen LogP contribution is -2.37. The van der Waals surface area contributed by atoms with Crippen LogP contribution in [0, 0.1) is 6.92 Å². The highest BCUT2D eigenvalue weighted by molar-refractivity contribution is 7.16. The lowest BCUT2D eigenvalue weighted by molar-refractivity contribution is 0.0226. The normalized spacial score (nSPS) is 11.8. The lowest BCUT2D eigenvalue weighted by atomic mass is 10.1. The van der Waals surface area contributed by atoms with Gasteiger partial charge < -0.3 is 14.6 Å². The van der Waals surface area contributed by atoms with Crippen LogP contribution in [-0.2, 0) is 11.3 Å². The van der Waals surface area contributed by atoms with E-state index in [1.807, 2.05) is 50.7 Å². The monoisotopic (exact) mass is 483 g/mol. The summed E-state index contributed by atoms with van der Waals surface area (Å²) in [6.07, 6.45) is 1.56. The minimum atomic E-state index is -0.552. The van der Waals surface area contributed by atoms with Gasteiger partial charge in [0.25, 0.3) is 0 Å². The fourth-order valence-corrected chi connectivity index (χ4v) is 4.93. The molecule has 1 amide bonds. The molecule has 0 aliphatic carbocycles. The summed E-state index contributed by atoms with van der Waals surface area (Å²) in [5.41, 5.74) is 5.95. The molecule has 7 nitrogen and oxygen atoms in total. The number of fused-ring (bicyclic) bond motifs is 1. The predicted octanol–water partition coefficient (Wildman–Crippen LogP) is 6.66. The molecule has 9 heteroatoms. The number of unbranched alkanes of at least 4 members (excludes halogenated alkanes) is 1. The zero-order valence-corrected chi connectivity index (χ0v) is 21.3. The number of rotatable bonds is 7. The van der Waals surface area contributed by atoms with Gasteiger partial charge >= 0.3 is 6.09 Å². The minimum absolute atomic E-state index is 0.327. The fraction of sp³-hybridized carbons (Fsp3) is 0.417. The number of benzene rings is 1. The SMILES string of the molecule is CCCCN(Cc1nc(-c2nc(C)cs2)c(-c2ccc3ncsc3c2)[nH]1)C(=O)OC(C)(C)C. The zero-order valence-electron chi connectivity index (χ0n) is 19.6. The van der Waals surface area contributed by atoms with Crippen LogP contribution in [0.25, 0.3) is 32.2 Å². The van der Waals surface area contributed by atoms with Crippen LogP contribution >= 0.6 is 22.7 Å². The van der Waals surface area contributed by atoms with Gasteiger partial charge in [-0.1, -0.05) is 19.4 Å². The molecule has 3 aromatic heterocycles. The summed E-state index contributed by atoms with van der Waals surface area (Å²) in [7, 11) is 0. The van der Waals surface area contributed by atoms with Crippen molar-refractivity contribution < 1.29 is 9.53 Å². The number of H-pyrrole nitrogens is 1. The summed E-state index contributed by atoms with van der Waals surface area (Å²) < 4.78 is 6.76. The van der Waals surface area contributed by atoms with Crippen LogP contribution in [0.2, 0.25) is 0 Å². The van der Waals surface area contributed by atoms with Crippen molar-refractivity contribution in [1.29, 1.82) is 0 Å². The summed E-state index contributed by atoms with van der Waals surface area (Å²) in [6, 6.07) is 6.19. The van der Waals surface area contributed by atoms with Gasteiger partial charge in [-0.25, -0.2) is 19.7 Å². The number of thiazole rings is 2. The molecular weight excluding hydrogens is 454 g/mol. The number of hydrogen-bond acceptors (Lipinski definition) is 7. The summed E-state index contributed by atoms with van der Waals surface area (Å²) in [6.45, 7) is 10.7. The zero-order chi connectivity index (χ0) is 23.6. The molecule has 1 aromatic carbocycles. The van der Waals surface area contributed by atoms with Gasteiger partial charge in [-0.3, -0.25) is 0 Å². The Labute approximate surface area is 201 Å². The average Bonchev–Trinajstić information content (AvgIpc) is 3.48. The van der Waals surface area contributed by atoms with E-state index in [-0.39, 0.29) is 6.09 Å². The van der Waals surface area contributed by atoms with Gasteiger partial charge in [-0.15, -0.1) is 22.7 Å². The average molecular weight is 484 g/mol. The Morgan fingerprint density at radius 2 is 2.03 bits per heavy atom. The summed E-state index contributed by atoms with van der Waals surface area (Å²) in [5.74, 6) is 0.708. The van der Waals surface area contributed by atoms with E-state index in [9.17, 15) is 4.79 Å². The Bertz CT molecular complexity index is 1250. The van der Waals surface area contributed by atoms with Crippen LogP contribution in [0.1, 0.15) is 52.1 Å². The van der Waals surface area contributed by atoms with Crippen LogP contribution in [0.15, 0.2) is 29.1 Å². The summed E-state index contributed by atoms with van der Waals surface area (Å²) in [4.78, 5) is 32.0. The highest BCUT2D eigenvalue weighted by atomic mass is 32.1. The third-order valence-corrected chi connectivity index (χ3v) is 6.73. The van der Waals surface area contributed by atoms with Crippen LogP contribution < -0.4 is 0 Å².